The Hall–Kier alpha value is -3.05. The molecule has 0 N–H and O–H groups in total. The predicted molar refractivity (Wildman–Crippen MR) is 114 cm³/mol. The van der Waals surface area contributed by atoms with E-state index in [1.54, 1.807) is 24.3 Å². The normalized spacial score (nSPS) is 14.7. The van der Waals surface area contributed by atoms with Crippen LogP contribution >= 0.6 is 0 Å². The zero-order valence-electron chi connectivity index (χ0n) is 16.7. The lowest BCUT2D eigenvalue weighted by Gasteiger charge is -2.35. The average Bonchev–Trinajstić information content (AvgIpc) is 2.77. The van der Waals surface area contributed by atoms with Gasteiger partial charge in [0.05, 0.1) is 6.42 Å². The first-order valence-electron chi connectivity index (χ1n) is 10.2. The van der Waals surface area contributed by atoms with Crippen LogP contribution in [0, 0.1) is 11.6 Å². The first-order chi connectivity index (χ1) is 14.6. The van der Waals surface area contributed by atoms with Crippen LogP contribution in [0.4, 0.5) is 8.78 Å². The lowest BCUT2D eigenvalue weighted by Crippen LogP contribution is -2.48. The summed E-state index contributed by atoms with van der Waals surface area (Å²) in [5.74, 6) is -0.454. The largest absolute Gasteiger partial charge is 0.340 e. The summed E-state index contributed by atoms with van der Waals surface area (Å²) in [7, 11) is 0. The molecule has 3 nitrogen and oxygen atoms in total. The van der Waals surface area contributed by atoms with Gasteiger partial charge in [-0.3, -0.25) is 9.69 Å². The van der Waals surface area contributed by atoms with Crippen LogP contribution in [0.1, 0.15) is 11.1 Å². The fourth-order valence-electron chi connectivity index (χ4n) is 3.89. The highest BCUT2D eigenvalue weighted by Crippen LogP contribution is 2.27. The average molecular weight is 406 g/mol. The number of nitrogens with zero attached hydrogens (tertiary/aromatic N) is 2. The number of rotatable bonds is 5. The van der Waals surface area contributed by atoms with E-state index in [0.717, 1.165) is 29.8 Å². The van der Waals surface area contributed by atoms with Crippen molar-refractivity contribution < 1.29 is 13.6 Å². The Morgan fingerprint density at radius 3 is 2.10 bits per heavy atom. The van der Waals surface area contributed by atoms with Crippen LogP contribution in [0.3, 0.4) is 0 Å². The number of benzene rings is 3. The molecule has 1 heterocycles. The number of carbonyl (C=O) groups is 1. The molecule has 1 fully saturated rings. The topological polar surface area (TPSA) is 23.6 Å². The monoisotopic (exact) mass is 406 g/mol. The number of halogens is 2. The van der Waals surface area contributed by atoms with E-state index in [1.807, 2.05) is 35.2 Å². The molecule has 0 bridgehead atoms. The second-order valence-electron chi connectivity index (χ2n) is 7.60. The minimum absolute atomic E-state index is 0.0630. The number of hydrogen-bond donors (Lipinski definition) is 0. The Morgan fingerprint density at radius 2 is 1.40 bits per heavy atom. The minimum atomic E-state index is -0.296. The van der Waals surface area contributed by atoms with Gasteiger partial charge >= 0.3 is 0 Å². The van der Waals surface area contributed by atoms with Crippen molar-refractivity contribution >= 4 is 5.91 Å². The van der Waals surface area contributed by atoms with Gasteiger partial charge in [0.25, 0.3) is 0 Å². The van der Waals surface area contributed by atoms with E-state index in [9.17, 15) is 13.6 Å². The van der Waals surface area contributed by atoms with Crippen molar-refractivity contribution in [3.8, 4) is 11.1 Å². The fourth-order valence-corrected chi connectivity index (χ4v) is 3.89. The van der Waals surface area contributed by atoms with Crippen LogP contribution in [-0.4, -0.2) is 41.9 Å². The molecule has 0 spiro atoms. The number of amides is 1. The van der Waals surface area contributed by atoms with Crippen molar-refractivity contribution in [3.63, 3.8) is 0 Å². The van der Waals surface area contributed by atoms with E-state index in [4.69, 9.17) is 0 Å². The Labute approximate surface area is 175 Å². The molecule has 5 heteroatoms. The molecule has 0 aromatic heterocycles. The molecule has 3 aromatic carbocycles. The van der Waals surface area contributed by atoms with Crippen molar-refractivity contribution in [2.45, 2.75) is 13.0 Å². The van der Waals surface area contributed by atoms with Gasteiger partial charge in [0.2, 0.25) is 5.91 Å². The third kappa shape index (κ3) is 4.74. The standard InChI is InChI=1S/C25H24F2N2O/c26-21-11-9-19(10-12-21)17-25(30)29-15-13-28(14-16-29)18-20-5-1-2-6-22(20)23-7-3-4-8-24(23)27/h1-12H,13-18H2. The van der Waals surface area contributed by atoms with Crippen LogP contribution < -0.4 is 0 Å². The first-order valence-corrected chi connectivity index (χ1v) is 10.2. The van der Waals surface area contributed by atoms with E-state index in [0.29, 0.717) is 25.2 Å². The highest BCUT2D eigenvalue weighted by Gasteiger charge is 2.22. The molecule has 0 saturated carbocycles. The van der Waals surface area contributed by atoms with E-state index < -0.39 is 0 Å². The molecular formula is C25H24F2N2O. The van der Waals surface area contributed by atoms with Crippen LogP contribution in [0.2, 0.25) is 0 Å². The lowest BCUT2D eigenvalue weighted by atomic mass is 9.98. The molecule has 154 valence electrons. The van der Waals surface area contributed by atoms with Gasteiger partial charge in [-0.25, -0.2) is 8.78 Å². The lowest BCUT2D eigenvalue weighted by molar-refractivity contribution is -0.132. The van der Waals surface area contributed by atoms with Crippen molar-refractivity contribution in [3.05, 3.63) is 95.6 Å². The quantitative estimate of drug-likeness (QED) is 0.622. The molecule has 1 aliphatic heterocycles. The molecule has 4 rings (SSSR count). The van der Waals surface area contributed by atoms with Crippen molar-refractivity contribution in [2.75, 3.05) is 26.2 Å². The summed E-state index contributed by atoms with van der Waals surface area (Å²) >= 11 is 0. The fraction of sp³-hybridized carbons (Fsp3) is 0.240. The highest BCUT2D eigenvalue weighted by molar-refractivity contribution is 5.78. The van der Waals surface area contributed by atoms with Crippen LogP contribution in [0.25, 0.3) is 11.1 Å². The number of piperazine rings is 1. The van der Waals surface area contributed by atoms with Crippen molar-refractivity contribution in [2.24, 2.45) is 0 Å². The molecule has 0 radical (unpaired) electrons. The van der Waals surface area contributed by atoms with Crippen LogP contribution in [0.5, 0.6) is 0 Å². The SMILES string of the molecule is O=C(Cc1ccc(F)cc1)N1CCN(Cc2ccccc2-c2ccccc2F)CC1. The zero-order chi connectivity index (χ0) is 20.9. The third-order valence-corrected chi connectivity index (χ3v) is 5.57. The van der Waals surface area contributed by atoms with Crippen molar-refractivity contribution in [1.82, 2.24) is 9.80 Å². The Bertz CT molecular complexity index is 1010. The summed E-state index contributed by atoms with van der Waals surface area (Å²) in [6.45, 7) is 3.55. The molecule has 3 aromatic rings. The van der Waals surface area contributed by atoms with E-state index >= 15 is 0 Å². The van der Waals surface area contributed by atoms with E-state index in [1.165, 1.54) is 18.2 Å². The molecule has 30 heavy (non-hydrogen) atoms. The summed E-state index contributed by atoms with van der Waals surface area (Å²) in [6, 6.07) is 20.8. The molecule has 1 aliphatic rings. The highest BCUT2D eigenvalue weighted by atomic mass is 19.1. The summed E-state index contributed by atoms with van der Waals surface area (Å²) in [5, 5.41) is 0. The van der Waals surface area contributed by atoms with Gasteiger partial charge in [0.1, 0.15) is 11.6 Å². The molecular weight excluding hydrogens is 382 g/mol. The third-order valence-electron chi connectivity index (χ3n) is 5.57. The van der Waals surface area contributed by atoms with E-state index in [-0.39, 0.29) is 24.0 Å². The van der Waals surface area contributed by atoms with Gasteiger partial charge in [-0.15, -0.1) is 0 Å². The molecule has 1 amide bonds. The Kier molecular flexibility index (Phi) is 6.19. The van der Waals surface area contributed by atoms with Gasteiger partial charge in [-0.1, -0.05) is 54.6 Å². The minimum Gasteiger partial charge on any atom is -0.340 e. The molecule has 0 atom stereocenters. The summed E-state index contributed by atoms with van der Waals surface area (Å²) < 4.78 is 27.3. The number of hydrogen-bond acceptors (Lipinski definition) is 2. The maximum atomic E-state index is 14.3. The van der Waals surface area contributed by atoms with Crippen LogP contribution in [0.15, 0.2) is 72.8 Å². The molecule has 1 saturated heterocycles. The molecule has 0 unspecified atom stereocenters. The summed E-state index contributed by atoms with van der Waals surface area (Å²) in [5.41, 5.74) is 3.42. The smallest absolute Gasteiger partial charge is 0.227 e. The van der Waals surface area contributed by atoms with Gasteiger partial charge in [-0.2, -0.15) is 0 Å². The van der Waals surface area contributed by atoms with Gasteiger partial charge in [0.15, 0.2) is 0 Å². The summed E-state index contributed by atoms with van der Waals surface area (Å²) in [4.78, 5) is 16.7. The maximum Gasteiger partial charge on any atom is 0.227 e. The van der Waals surface area contributed by atoms with Gasteiger partial charge in [-0.05, 0) is 34.9 Å². The zero-order valence-corrected chi connectivity index (χ0v) is 16.7. The van der Waals surface area contributed by atoms with E-state index in [2.05, 4.69) is 4.90 Å². The number of carbonyl (C=O) groups excluding carboxylic acids is 1. The Balaban J connectivity index is 1.37. The maximum absolute atomic E-state index is 14.3. The predicted octanol–water partition coefficient (Wildman–Crippen LogP) is 4.52. The van der Waals surface area contributed by atoms with Crippen LogP contribution in [-0.2, 0) is 17.8 Å². The second kappa shape index (κ2) is 9.18. The van der Waals surface area contributed by atoms with Gasteiger partial charge < -0.3 is 4.90 Å². The summed E-state index contributed by atoms with van der Waals surface area (Å²) in [6.07, 6.45) is 0.288. The first kappa shape index (κ1) is 20.2. The second-order valence-corrected chi connectivity index (χ2v) is 7.60. The Morgan fingerprint density at radius 1 is 0.767 bits per heavy atom. The van der Waals surface area contributed by atoms with Crippen molar-refractivity contribution in [1.29, 1.82) is 0 Å². The van der Waals surface area contributed by atoms with Gasteiger partial charge in [0, 0.05) is 38.3 Å². The molecule has 0 aliphatic carbocycles.